The topological polar surface area (TPSA) is 35.3 Å². The van der Waals surface area contributed by atoms with Gasteiger partial charge in [0.05, 0.1) is 12.5 Å². The van der Waals surface area contributed by atoms with E-state index in [2.05, 4.69) is 5.16 Å². The van der Waals surface area contributed by atoms with Crippen molar-refractivity contribution in [3.63, 3.8) is 0 Å². The summed E-state index contributed by atoms with van der Waals surface area (Å²) in [4.78, 5) is 0. The van der Waals surface area contributed by atoms with Crippen molar-refractivity contribution >= 4 is 22.6 Å². The van der Waals surface area contributed by atoms with Gasteiger partial charge in [0.15, 0.2) is 5.58 Å². The minimum absolute atomic E-state index is 0.145. The zero-order valence-electron chi connectivity index (χ0n) is 10.3. The number of hydrogen-bond acceptors (Lipinski definition) is 3. The van der Waals surface area contributed by atoms with Crippen LogP contribution in [0.4, 0.5) is 8.78 Å². The Morgan fingerprint density at radius 2 is 2.00 bits per heavy atom. The lowest BCUT2D eigenvalue weighted by Crippen LogP contribution is -1.87. The minimum atomic E-state index is -0.716. The lowest BCUT2D eigenvalue weighted by Gasteiger charge is -2.02. The van der Waals surface area contributed by atoms with Gasteiger partial charge < -0.3 is 9.26 Å². The predicted octanol–water partition coefficient (Wildman–Crippen LogP) is 4.44. The number of nitrogens with zero attached hydrogens (tertiary/aromatic N) is 1. The Balaban J connectivity index is 2.25. The highest BCUT2D eigenvalue weighted by Crippen LogP contribution is 2.37. The number of methoxy groups -OCH3 is 1. The van der Waals surface area contributed by atoms with Gasteiger partial charge in [-0.3, -0.25) is 0 Å². The van der Waals surface area contributed by atoms with E-state index in [1.807, 2.05) is 0 Å². The van der Waals surface area contributed by atoms with E-state index in [0.29, 0.717) is 16.7 Å². The maximum atomic E-state index is 13.8. The fraction of sp³-hybridized carbons (Fsp3) is 0.0714. The number of halogens is 3. The summed E-state index contributed by atoms with van der Waals surface area (Å²) in [6.45, 7) is 0. The number of benzene rings is 2. The lowest BCUT2D eigenvalue weighted by atomic mass is 10.1. The van der Waals surface area contributed by atoms with Crippen LogP contribution in [0, 0.1) is 11.6 Å². The third-order valence-corrected chi connectivity index (χ3v) is 3.31. The van der Waals surface area contributed by atoms with E-state index < -0.39 is 11.6 Å². The molecule has 0 atom stereocenters. The predicted molar refractivity (Wildman–Crippen MR) is 70.9 cm³/mol. The van der Waals surface area contributed by atoms with E-state index in [4.69, 9.17) is 20.9 Å². The van der Waals surface area contributed by atoms with E-state index in [1.165, 1.54) is 13.2 Å². The van der Waals surface area contributed by atoms with Crippen LogP contribution in [0.1, 0.15) is 0 Å². The van der Waals surface area contributed by atoms with Crippen LogP contribution >= 0.6 is 11.6 Å². The van der Waals surface area contributed by atoms with Crippen molar-refractivity contribution in [3.05, 3.63) is 47.0 Å². The molecule has 0 amide bonds. The van der Waals surface area contributed by atoms with Crippen LogP contribution in [0.15, 0.2) is 34.9 Å². The largest absolute Gasteiger partial charge is 0.495 e. The highest BCUT2D eigenvalue weighted by Gasteiger charge is 2.18. The second-order valence-electron chi connectivity index (χ2n) is 4.11. The van der Waals surface area contributed by atoms with Crippen molar-refractivity contribution in [2.24, 2.45) is 0 Å². The Labute approximate surface area is 117 Å². The molecule has 0 N–H and O–H groups in total. The van der Waals surface area contributed by atoms with Crippen LogP contribution in [0.2, 0.25) is 5.02 Å². The molecular formula is C14H8ClF2NO2. The zero-order chi connectivity index (χ0) is 14.3. The second kappa shape index (κ2) is 4.76. The van der Waals surface area contributed by atoms with E-state index >= 15 is 0 Å². The van der Waals surface area contributed by atoms with Crippen LogP contribution < -0.4 is 4.74 Å². The molecule has 3 rings (SSSR count). The van der Waals surface area contributed by atoms with Gasteiger partial charge in [-0.25, -0.2) is 8.78 Å². The number of hydrogen-bond donors (Lipinski definition) is 0. The molecule has 0 radical (unpaired) electrons. The molecule has 0 unspecified atom stereocenters. The van der Waals surface area contributed by atoms with Crippen molar-refractivity contribution < 1.29 is 18.0 Å². The minimum Gasteiger partial charge on any atom is -0.495 e. The monoisotopic (exact) mass is 295 g/mol. The van der Waals surface area contributed by atoms with E-state index in [0.717, 1.165) is 12.1 Å². The second-order valence-corrected chi connectivity index (χ2v) is 4.49. The van der Waals surface area contributed by atoms with Crippen LogP contribution in [0.3, 0.4) is 0 Å². The Morgan fingerprint density at radius 3 is 2.70 bits per heavy atom. The normalized spacial score (nSPS) is 11.0. The molecule has 0 saturated carbocycles. The number of aromatic nitrogens is 1. The van der Waals surface area contributed by atoms with Crippen molar-refractivity contribution in [2.45, 2.75) is 0 Å². The first-order valence-corrected chi connectivity index (χ1v) is 6.07. The molecular weight excluding hydrogens is 288 g/mol. The van der Waals surface area contributed by atoms with Gasteiger partial charge in [-0.1, -0.05) is 16.8 Å². The number of fused-ring (bicyclic) bond motifs is 1. The fourth-order valence-electron chi connectivity index (χ4n) is 1.99. The van der Waals surface area contributed by atoms with E-state index in [1.54, 1.807) is 12.1 Å². The first-order chi connectivity index (χ1) is 9.61. The number of ether oxygens (including phenoxy) is 1. The summed E-state index contributed by atoms with van der Waals surface area (Å²) in [5.74, 6) is -0.938. The summed E-state index contributed by atoms with van der Waals surface area (Å²) in [6.07, 6.45) is 0. The smallest absolute Gasteiger partial charge is 0.189 e. The molecule has 6 heteroatoms. The van der Waals surface area contributed by atoms with Gasteiger partial charge >= 0.3 is 0 Å². The van der Waals surface area contributed by atoms with Crippen LogP contribution in [0.5, 0.6) is 5.75 Å². The van der Waals surface area contributed by atoms with Crippen molar-refractivity contribution in [2.75, 3.05) is 7.11 Å². The van der Waals surface area contributed by atoms with Gasteiger partial charge in [-0.2, -0.15) is 0 Å². The third-order valence-electron chi connectivity index (χ3n) is 2.95. The van der Waals surface area contributed by atoms with Crippen LogP contribution in [0.25, 0.3) is 22.2 Å². The summed E-state index contributed by atoms with van der Waals surface area (Å²) < 4.78 is 37.0. The molecule has 3 nitrogen and oxygen atoms in total. The van der Waals surface area contributed by atoms with Crippen molar-refractivity contribution in [3.8, 4) is 17.0 Å². The third kappa shape index (κ3) is 1.91. The molecule has 1 heterocycles. The van der Waals surface area contributed by atoms with Gasteiger partial charge in [0, 0.05) is 11.6 Å². The van der Waals surface area contributed by atoms with Gasteiger partial charge in [-0.15, -0.1) is 0 Å². The standard InChI is InChI=1S/C14H8ClF2NO2/c1-19-11-5-4-9-13(18-20-14(9)12(11)15)8-3-2-7(16)6-10(8)17/h2-6H,1H3. The Bertz CT molecular complexity index is 801. The Hall–Kier alpha value is -2.14. The Kier molecular flexibility index (Phi) is 3.06. The molecule has 0 aliphatic heterocycles. The summed E-state index contributed by atoms with van der Waals surface area (Å²) in [5.41, 5.74) is 0.707. The molecule has 0 aliphatic rings. The van der Waals surface area contributed by atoms with Crippen molar-refractivity contribution in [1.82, 2.24) is 5.16 Å². The summed E-state index contributed by atoms with van der Waals surface area (Å²) in [6, 6.07) is 6.55. The average molecular weight is 296 g/mol. The first-order valence-electron chi connectivity index (χ1n) is 5.69. The highest BCUT2D eigenvalue weighted by atomic mass is 35.5. The van der Waals surface area contributed by atoms with Gasteiger partial charge in [-0.05, 0) is 24.3 Å². The highest BCUT2D eigenvalue weighted by molar-refractivity contribution is 6.36. The molecule has 0 saturated heterocycles. The molecule has 2 aromatic carbocycles. The van der Waals surface area contributed by atoms with Gasteiger partial charge in [0.25, 0.3) is 0 Å². The number of rotatable bonds is 2. The maximum absolute atomic E-state index is 13.8. The molecule has 0 spiro atoms. The molecule has 20 heavy (non-hydrogen) atoms. The summed E-state index contributed by atoms with van der Waals surface area (Å²) in [7, 11) is 1.48. The van der Waals surface area contributed by atoms with Gasteiger partial charge in [0.1, 0.15) is 28.1 Å². The summed E-state index contributed by atoms with van der Waals surface area (Å²) >= 11 is 6.10. The lowest BCUT2D eigenvalue weighted by molar-refractivity contribution is 0.412. The fourth-order valence-corrected chi connectivity index (χ4v) is 2.26. The first kappa shape index (κ1) is 12.9. The maximum Gasteiger partial charge on any atom is 0.189 e. The molecule has 102 valence electrons. The van der Waals surface area contributed by atoms with Crippen LogP contribution in [-0.4, -0.2) is 12.3 Å². The molecule has 0 bridgehead atoms. The quantitative estimate of drug-likeness (QED) is 0.701. The van der Waals surface area contributed by atoms with Gasteiger partial charge in [0.2, 0.25) is 0 Å². The van der Waals surface area contributed by atoms with Crippen molar-refractivity contribution in [1.29, 1.82) is 0 Å². The molecule has 1 aromatic heterocycles. The molecule has 0 fully saturated rings. The van der Waals surface area contributed by atoms with Crippen LogP contribution in [-0.2, 0) is 0 Å². The summed E-state index contributed by atoms with van der Waals surface area (Å²) in [5, 5.41) is 4.60. The van der Waals surface area contributed by atoms with E-state index in [9.17, 15) is 8.78 Å². The average Bonchev–Trinajstić information content (AvgIpc) is 2.84. The zero-order valence-corrected chi connectivity index (χ0v) is 11.0. The molecule has 3 aromatic rings. The van der Waals surface area contributed by atoms with E-state index in [-0.39, 0.29) is 16.3 Å². The SMILES string of the molecule is COc1ccc2c(-c3ccc(F)cc3F)noc2c1Cl. The molecule has 0 aliphatic carbocycles. The Morgan fingerprint density at radius 1 is 1.20 bits per heavy atom.